The summed E-state index contributed by atoms with van der Waals surface area (Å²) in [7, 11) is 0. The number of ether oxygens (including phenoxy) is 1. The molecule has 18 heavy (non-hydrogen) atoms. The molecule has 2 saturated heterocycles. The topological polar surface area (TPSA) is 32.8 Å². The van der Waals surface area contributed by atoms with Gasteiger partial charge in [0.05, 0.1) is 6.61 Å². The van der Waals surface area contributed by atoms with Crippen LogP contribution in [0.2, 0.25) is 0 Å². The van der Waals surface area contributed by atoms with Gasteiger partial charge < -0.3 is 9.64 Å². The Morgan fingerprint density at radius 2 is 2.11 bits per heavy atom. The van der Waals surface area contributed by atoms with Crippen LogP contribution in [0.4, 0.5) is 0 Å². The highest BCUT2D eigenvalue weighted by Gasteiger charge is 2.40. The fourth-order valence-electron chi connectivity index (χ4n) is 2.90. The van der Waals surface area contributed by atoms with Crippen LogP contribution in [0.1, 0.15) is 25.3 Å². The maximum atomic E-state index is 12.1. The van der Waals surface area contributed by atoms with E-state index in [0.717, 1.165) is 25.9 Å². The summed E-state index contributed by atoms with van der Waals surface area (Å²) in [5, 5.41) is 0. The molecular weight excluding hydrogens is 226 g/mol. The lowest BCUT2D eigenvalue weighted by Crippen LogP contribution is -2.48. The van der Waals surface area contributed by atoms with Crippen molar-refractivity contribution in [2.24, 2.45) is 0 Å². The Morgan fingerprint density at radius 3 is 2.78 bits per heavy atom. The molecular formula is C15H19NO2. The summed E-state index contributed by atoms with van der Waals surface area (Å²) in [6, 6.07) is 10.5. The molecule has 0 saturated carbocycles. The second kappa shape index (κ2) is 4.39. The first-order valence-corrected chi connectivity index (χ1v) is 6.65. The van der Waals surface area contributed by atoms with Crippen LogP contribution in [-0.4, -0.2) is 36.6 Å². The average Bonchev–Trinajstić information content (AvgIpc) is 3.23. The molecule has 0 bridgehead atoms. The molecule has 0 N–H and O–H groups in total. The van der Waals surface area contributed by atoms with Gasteiger partial charge in [-0.05, 0) is 18.4 Å². The number of hydrogen-bond donors (Lipinski definition) is 0. The van der Waals surface area contributed by atoms with Gasteiger partial charge in [-0.25, -0.2) is 0 Å². The van der Waals surface area contributed by atoms with E-state index in [4.69, 9.17) is 4.74 Å². The van der Waals surface area contributed by atoms with Crippen LogP contribution >= 0.6 is 0 Å². The zero-order valence-electron chi connectivity index (χ0n) is 10.8. The third-order valence-corrected chi connectivity index (χ3v) is 4.09. The lowest BCUT2D eigenvalue weighted by Gasteiger charge is -2.40. The molecule has 3 rings (SSSR count). The Morgan fingerprint density at radius 1 is 1.39 bits per heavy atom. The Labute approximate surface area is 108 Å². The Hall–Kier alpha value is -1.35. The van der Waals surface area contributed by atoms with Gasteiger partial charge in [-0.1, -0.05) is 37.3 Å². The third kappa shape index (κ3) is 2.15. The van der Waals surface area contributed by atoms with Crippen molar-refractivity contribution in [2.75, 3.05) is 19.7 Å². The van der Waals surface area contributed by atoms with Crippen LogP contribution < -0.4 is 0 Å². The zero-order chi connectivity index (χ0) is 12.6. The van der Waals surface area contributed by atoms with Crippen LogP contribution in [0.15, 0.2) is 30.3 Å². The second-order valence-electron chi connectivity index (χ2n) is 5.61. The molecule has 96 valence electrons. The third-order valence-electron chi connectivity index (χ3n) is 4.09. The van der Waals surface area contributed by atoms with Gasteiger partial charge in [-0.2, -0.15) is 0 Å². The molecule has 0 spiro atoms. The Kier molecular flexibility index (Phi) is 2.86. The van der Waals surface area contributed by atoms with E-state index < -0.39 is 0 Å². The molecule has 0 radical (unpaired) electrons. The standard InChI is InChI=1S/C15H19NO2/c1-15(12-6-3-2-4-7-12)8-5-9-16(11-15)14(17)13-10-18-13/h2-4,6-7,13H,5,8-11H2,1H3. The van der Waals surface area contributed by atoms with Crippen LogP contribution in [-0.2, 0) is 14.9 Å². The van der Waals surface area contributed by atoms with Crippen molar-refractivity contribution in [2.45, 2.75) is 31.3 Å². The number of amides is 1. The fraction of sp³-hybridized carbons (Fsp3) is 0.533. The first kappa shape index (κ1) is 11.7. The number of epoxide rings is 1. The van der Waals surface area contributed by atoms with E-state index in [0.29, 0.717) is 6.61 Å². The van der Waals surface area contributed by atoms with E-state index in [2.05, 4.69) is 31.2 Å². The highest BCUT2D eigenvalue weighted by molar-refractivity contribution is 5.83. The van der Waals surface area contributed by atoms with Gasteiger partial charge in [0.15, 0.2) is 6.10 Å². The summed E-state index contributed by atoms with van der Waals surface area (Å²) >= 11 is 0. The normalized spacial score (nSPS) is 31.2. The average molecular weight is 245 g/mol. The number of nitrogens with zero attached hydrogens (tertiary/aromatic N) is 1. The molecule has 1 amide bonds. The molecule has 2 atom stereocenters. The summed E-state index contributed by atoms with van der Waals surface area (Å²) in [4.78, 5) is 14.1. The molecule has 2 aliphatic rings. The van der Waals surface area contributed by atoms with E-state index >= 15 is 0 Å². The fourth-order valence-corrected chi connectivity index (χ4v) is 2.90. The summed E-state index contributed by atoms with van der Waals surface area (Å²) in [6.07, 6.45) is 2.07. The van der Waals surface area contributed by atoms with Gasteiger partial charge >= 0.3 is 0 Å². The molecule has 2 aliphatic heterocycles. The summed E-state index contributed by atoms with van der Waals surface area (Å²) in [5.41, 5.74) is 1.42. The van der Waals surface area contributed by atoms with Crippen LogP contribution in [0.5, 0.6) is 0 Å². The van der Waals surface area contributed by atoms with Gasteiger partial charge in [-0.15, -0.1) is 0 Å². The van der Waals surface area contributed by atoms with Gasteiger partial charge in [0.25, 0.3) is 5.91 Å². The molecule has 2 fully saturated rings. The van der Waals surface area contributed by atoms with E-state index in [9.17, 15) is 4.79 Å². The summed E-state index contributed by atoms with van der Waals surface area (Å²) in [5.74, 6) is 0.178. The largest absolute Gasteiger partial charge is 0.363 e. The molecule has 3 nitrogen and oxygen atoms in total. The van der Waals surface area contributed by atoms with Crippen LogP contribution in [0.25, 0.3) is 0 Å². The van der Waals surface area contributed by atoms with Crippen molar-refractivity contribution < 1.29 is 9.53 Å². The predicted octanol–water partition coefficient (Wildman–Crippen LogP) is 1.97. The number of likely N-dealkylation sites (tertiary alicyclic amines) is 1. The zero-order valence-corrected chi connectivity index (χ0v) is 10.8. The lowest BCUT2D eigenvalue weighted by atomic mass is 9.76. The minimum absolute atomic E-state index is 0.0874. The van der Waals surface area contributed by atoms with Crippen molar-refractivity contribution >= 4 is 5.91 Å². The molecule has 2 heterocycles. The molecule has 2 unspecified atom stereocenters. The maximum absolute atomic E-state index is 12.1. The Balaban J connectivity index is 1.78. The van der Waals surface area contributed by atoms with E-state index in [1.165, 1.54) is 5.56 Å². The first-order chi connectivity index (χ1) is 8.69. The predicted molar refractivity (Wildman–Crippen MR) is 69.3 cm³/mol. The number of benzene rings is 1. The van der Waals surface area contributed by atoms with Crippen molar-refractivity contribution in [1.29, 1.82) is 0 Å². The molecule has 1 aromatic carbocycles. The number of hydrogen-bond acceptors (Lipinski definition) is 2. The van der Waals surface area contributed by atoms with Gasteiger partial charge in [-0.3, -0.25) is 4.79 Å². The van der Waals surface area contributed by atoms with E-state index in [1.807, 2.05) is 11.0 Å². The van der Waals surface area contributed by atoms with Gasteiger partial charge in [0.1, 0.15) is 0 Å². The lowest BCUT2D eigenvalue weighted by molar-refractivity contribution is -0.134. The van der Waals surface area contributed by atoms with Crippen molar-refractivity contribution in [1.82, 2.24) is 4.90 Å². The van der Waals surface area contributed by atoms with E-state index in [-0.39, 0.29) is 17.4 Å². The van der Waals surface area contributed by atoms with E-state index in [1.54, 1.807) is 0 Å². The minimum Gasteiger partial charge on any atom is -0.363 e. The molecule has 0 aromatic heterocycles. The Bertz CT molecular complexity index is 441. The SMILES string of the molecule is CC1(c2ccccc2)CCCN(C(=O)C2CO2)C1. The maximum Gasteiger partial charge on any atom is 0.254 e. The number of piperidine rings is 1. The van der Waals surface area contributed by atoms with Crippen molar-refractivity contribution in [3.63, 3.8) is 0 Å². The van der Waals surface area contributed by atoms with Crippen molar-refractivity contribution in [3.8, 4) is 0 Å². The molecule has 3 heteroatoms. The summed E-state index contributed by atoms with van der Waals surface area (Å²) < 4.78 is 5.11. The first-order valence-electron chi connectivity index (χ1n) is 6.65. The second-order valence-corrected chi connectivity index (χ2v) is 5.61. The number of carbonyl (C=O) groups excluding carboxylic acids is 1. The quantitative estimate of drug-likeness (QED) is 0.746. The highest BCUT2D eigenvalue weighted by Crippen LogP contribution is 2.34. The smallest absolute Gasteiger partial charge is 0.254 e. The highest BCUT2D eigenvalue weighted by atomic mass is 16.6. The number of carbonyl (C=O) groups is 1. The summed E-state index contributed by atoms with van der Waals surface area (Å²) in [6.45, 7) is 4.56. The van der Waals surface area contributed by atoms with Crippen LogP contribution in [0.3, 0.4) is 0 Å². The number of rotatable bonds is 2. The van der Waals surface area contributed by atoms with Crippen molar-refractivity contribution in [3.05, 3.63) is 35.9 Å². The molecule has 0 aliphatic carbocycles. The van der Waals surface area contributed by atoms with Crippen LogP contribution in [0, 0.1) is 0 Å². The van der Waals surface area contributed by atoms with Gasteiger partial charge in [0.2, 0.25) is 0 Å². The molecule has 1 aromatic rings. The minimum atomic E-state index is -0.150. The van der Waals surface area contributed by atoms with Gasteiger partial charge in [0, 0.05) is 18.5 Å². The monoisotopic (exact) mass is 245 g/mol.